The lowest BCUT2D eigenvalue weighted by Gasteiger charge is -2.16. The third-order valence-corrected chi connectivity index (χ3v) is 6.32. The van der Waals surface area contributed by atoms with Crippen LogP contribution in [-0.4, -0.2) is 36.2 Å². The van der Waals surface area contributed by atoms with E-state index in [-0.39, 0.29) is 29.8 Å². The standard InChI is InChI=1S/C24H24ClN5O4/c1-15(31)34-11-3-2-10-28-19-7-4-16(25)12-18(19)23(32)27-22(28)14-29-21-13-26-9-8-20(21)30(24(29)33)17-5-6-17/h4,7-9,12-13,17H,2-3,5-6,10-11,14H2,1H3. The summed E-state index contributed by atoms with van der Waals surface area (Å²) in [5, 5.41) is 0.876. The summed E-state index contributed by atoms with van der Waals surface area (Å²) < 4.78 is 10.4. The van der Waals surface area contributed by atoms with E-state index >= 15 is 0 Å². The van der Waals surface area contributed by atoms with Crippen LogP contribution in [0.4, 0.5) is 0 Å². The van der Waals surface area contributed by atoms with Gasteiger partial charge in [0.2, 0.25) is 0 Å². The fraction of sp³-hybridized carbons (Fsp3) is 0.375. The number of nitrogens with zero attached hydrogens (tertiary/aromatic N) is 5. The Balaban J connectivity index is 1.57. The predicted molar refractivity (Wildman–Crippen MR) is 128 cm³/mol. The molecule has 3 heterocycles. The van der Waals surface area contributed by atoms with Crippen LogP contribution in [0.1, 0.15) is 44.5 Å². The molecule has 0 bridgehead atoms. The number of carbonyl (C=O) groups excluding carboxylic acids is 1. The lowest BCUT2D eigenvalue weighted by Crippen LogP contribution is -2.28. The molecule has 0 spiro atoms. The summed E-state index contributed by atoms with van der Waals surface area (Å²) in [5.74, 6) is 0.166. The first kappa shape index (κ1) is 22.3. The molecule has 3 aromatic heterocycles. The summed E-state index contributed by atoms with van der Waals surface area (Å²) in [6.07, 6.45) is 6.67. The third kappa shape index (κ3) is 4.23. The van der Waals surface area contributed by atoms with Gasteiger partial charge in [0.05, 0.1) is 41.3 Å². The largest absolute Gasteiger partial charge is 0.466 e. The molecule has 0 N–H and O–H groups in total. The van der Waals surface area contributed by atoms with Crippen molar-refractivity contribution in [2.75, 3.05) is 6.61 Å². The van der Waals surface area contributed by atoms with E-state index in [1.165, 1.54) is 6.92 Å². The van der Waals surface area contributed by atoms with Crippen molar-refractivity contribution in [2.45, 2.75) is 51.7 Å². The fourth-order valence-electron chi connectivity index (χ4n) is 4.36. The minimum absolute atomic E-state index is 0.127. The summed E-state index contributed by atoms with van der Waals surface area (Å²) in [7, 11) is 0. The van der Waals surface area contributed by atoms with E-state index in [0.717, 1.165) is 18.4 Å². The number of unbranched alkanes of at least 4 members (excludes halogenated alkanes) is 1. The van der Waals surface area contributed by atoms with E-state index in [9.17, 15) is 14.4 Å². The molecule has 1 aliphatic carbocycles. The molecule has 4 aromatic rings. The molecule has 1 saturated carbocycles. The average Bonchev–Trinajstić information content (AvgIpc) is 3.60. The second-order valence-electron chi connectivity index (χ2n) is 8.53. The van der Waals surface area contributed by atoms with Crippen molar-refractivity contribution in [3.8, 4) is 0 Å². The van der Waals surface area contributed by atoms with Crippen molar-refractivity contribution in [3.05, 3.63) is 68.3 Å². The molecular formula is C24H24ClN5O4. The number of carbonyl (C=O) groups is 1. The molecular weight excluding hydrogens is 458 g/mol. The van der Waals surface area contributed by atoms with Gasteiger partial charge in [-0.05, 0) is 49.9 Å². The second-order valence-corrected chi connectivity index (χ2v) is 8.96. The number of hydrogen-bond acceptors (Lipinski definition) is 6. The lowest BCUT2D eigenvalue weighted by molar-refractivity contribution is -0.141. The number of imidazole rings is 1. The van der Waals surface area contributed by atoms with E-state index in [1.54, 1.807) is 35.2 Å². The Kier molecular flexibility index (Phi) is 5.95. The molecule has 0 atom stereocenters. The van der Waals surface area contributed by atoms with E-state index in [4.69, 9.17) is 16.3 Å². The number of halogens is 1. The molecule has 9 nitrogen and oxygen atoms in total. The van der Waals surface area contributed by atoms with Crippen molar-refractivity contribution in [1.29, 1.82) is 0 Å². The Labute approximate surface area is 199 Å². The van der Waals surface area contributed by atoms with Gasteiger partial charge in [0.15, 0.2) is 0 Å². The minimum Gasteiger partial charge on any atom is -0.466 e. The molecule has 10 heteroatoms. The number of benzene rings is 1. The van der Waals surface area contributed by atoms with Crippen LogP contribution >= 0.6 is 11.6 Å². The lowest BCUT2D eigenvalue weighted by atomic mass is 10.2. The first-order valence-electron chi connectivity index (χ1n) is 11.3. The van der Waals surface area contributed by atoms with E-state index in [2.05, 4.69) is 9.97 Å². The molecule has 176 valence electrons. The SMILES string of the molecule is CC(=O)OCCCCn1c(Cn2c(=O)n(C3CC3)c3ccncc32)nc(=O)c2cc(Cl)ccc21. The van der Waals surface area contributed by atoms with Crippen LogP contribution in [0.2, 0.25) is 5.02 Å². The predicted octanol–water partition coefficient (Wildman–Crippen LogP) is 3.29. The maximum Gasteiger partial charge on any atom is 0.329 e. The number of pyridine rings is 1. The van der Waals surface area contributed by atoms with Gasteiger partial charge in [0.1, 0.15) is 5.82 Å². The van der Waals surface area contributed by atoms with Crippen molar-refractivity contribution in [3.63, 3.8) is 0 Å². The summed E-state index contributed by atoms with van der Waals surface area (Å²) in [5.41, 5.74) is 1.73. The Morgan fingerprint density at radius 3 is 2.71 bits per heavy atom. The second kappa shape index (κ2) is 9.06. The maximum atomic E-state index is 13.4. The average molecular weight is 482 g/mol. The highest BCUT2D eigenvalue weighted by atomic mass is 35.5. The zero-order chi connectivity index (χ0) is 23.8. The first-order valence-corrected chi connectivity index (χ1v) is 11.7. The first-order chi connectivity index (χ1) is 16.4. The molecule has 0 radical (unpaired) electrons. The van der Waals surface area contributed by atoms with Gasteiger partial charge in [-0.15, -0.1) is 0 Å². The van der Waals surface area contributed by atoms with Crippen molar-refractivity contribution in [1.82, 2.24) is 23.7 Å². The molecule has 1 aliphatic rings. The Morgan fingerprint density at radius 2 is 1.94 bits per heavy atom. The quantitative estimate of drug-likeness (QED) is 0.283. The van der Waals surface area contributed by atoms with Crippen LogP contribution in [0.15, 0.2) is 46.2 Å². The van der Waals surface area contributed by atoms with E-state index in [1.807, 2.05) is 15.2 Å². The highest BCUT2D eigenvalue weighted by molar-refractivity contribution is 6.31. The molecule has 34 heavy (non-hydrogen) atoms. The molecule has 0 aliphatic heterocycles. The highest BCUT2D eigenvalue weighted by Gasteiger charge is 2.29. The van der Waals surface area contributed by atoms with Crippen LogP contribution < -0.4 is 11.2 Å². The molecule has 1 fully saturated rings. The Hall–Kier alpha value is -3.46. The molecule has 0 saturated heterocycles. The van der Waals surface area contributed by atoms with Gasteiger partial charge >= 0.3 is 11.7 Å². The molecule has 0 amide bonds. The highest BCUT2D eigenvalue weighted by Crippen LogP contribution is 2.36. The maximum absolute atomic E-state index is 13.4. The Bertz CT molecular complexity index is 1520. The molecule has 0 unspecified atom stereocenters. The van der Waals surface area contributed by atoms with Crippen molar-refractivity contribution in [2.24, 2.45) is 0 Å². The van der Waals surface area contributed by atoms with Gasteiger partial charge < -0.3 is 9.30 Å². The zero-order valence-corrected chi connectivity index (χ0v) is 19.5. The van der Waals surface area contributed by atoms with Gasteiger partial charge in [-0.25, -0.2) is 4.79 Å². The van der Waals surface area contributed by atoms with E-state index in [0.29, 0.717) is 53.3 Å². The molecule has 5 rings (SSSR count). The number of hydrogen-bond donors (Lipinski definition) is 0. The number of aromatic nitrogens is 5. The van der Waals surface area contributed by atoms with Gasteiger partial charge in [0.25, 0.3) is 5.56 Å². The summed E-state index contributed by atoms with van der Waals surface area (Å²) in [4.78, 5) is 45.8. The van der Waals surface area contributed by atoms with Gasteiger partial charge in [-0.3, -0.25) is 23.7 Å². The smallest absolute Gasteiger partial charge is 0.329 e. The number of rotatable bonds is 8. The minimum atomic E-state index is -0.388. The monoisotopic (exact) mass is 481 g/mol. The third-order valence-electron chi connectivity index (χ3n) is 6.08. The van der Waals surface area contributed by atoms with Crippen LogP contribution in [0.5, 0.6) is 0 Å². The van der Waals surface area contributed by atoms with E-state index < -0.39 is 0 Å². The van der Waals surface area contributed by atoms with Crippen LogP contribution in [0, 0.1) is 0 Å². The topological polar surface area (TPSA) is 101 Å². The van der Waals surface area contributed by atoms with Gasteiger partial charge in [-0.1, -0.05) is 11.6 Å². The zero-order valence-electron chi connectivity index (χ0n) is 18.7. The van der Waals surface area contributed by atoms with Crippen LogP contribution in [-0.2, 0) is 22.6 Å². The van der Waals surface area contributed by atoms with Crippen molar-refractivity contribution >= 4 is 39.5 Å². The summed E-state index contributed by atoms with van der Waals surface area (Å²) >= 11 is 6.13. The Morgan fingerprint density at radius 1 is 1.12 bits per heavy atom. The van der Waals surface area contributed by atoms with Gasteiger partial charge in [-0.2, -0.15) is 4.98 Å². The van der Waals surface area contributed by atoms with Crippen LogP contribution in [0.25, 0.3) is 21.9 Å². The number of aryl methyl sites for hydroxylation is 1. The van der Waals surface area contributed by atoms with Gasteiger partial charge in [0, 0.05) is 30.7 Å². The summed E-state index contributed by atoms with van der Waals surface area (Å²) in [6.45, 7) is 2.38. The molecule has 1 aromatic carbocycles. The summed E-state index contributed by atoms with van der Waals surface area (Å²) in [6, 6.07) is 7.20. The normalized spacial score (nSPS) is 13.6. The number of esters is 1. The van der Waals surface area contributed by atoms with Crippen LogP contribution in [0.3, 0.4) is 0 Å². The number of ether oxygens (including phenoxy) is 1. The van der Waals surface area contributed by atoms with Crippen molar-refractivity contribution < 1.29 is 9.53 Å². The fourth-order valence-corrected chi connectivity index (χ4v) is 4.53. The number of fused-ring (bicyclic) bond motifs is 2.